The Morgan fingerprint density at radius 1 is 1.20 bits per heavy atom. The van der Waals surface area contributed by atoms with Crippen molar-refractivity contribution in [2.45, 2.75) is 45.6 Å². The number of nitrogens with one attached hydrogen (secondary N) is 1. The maximum absolute atomic E-state index is 6.04. The summed E-state index contributed by atoms with van der Waals surface area (Å²) in [5.41, 5.74) is 10.6. The van der Waals surface area contributed by atoms with Gasteiger partial charge < -0.3 is 11.1 Å². The molecule has 1 aromatic rings. The Bertz CT molecular complexity index is 329. The van der Waals surface area contributed by atoms with Gasteiger partial charge in [0, 0.05) is 6.04 Å². The summed E-state index contributed by atoms with van der Waals surface area (Å²) in [6.45, 7) is 4.21. The summed E-state index contributed by atoms with van der Waals surface area (Å²) in [4.78, 5) is 0. The Labute approximate surface area is 91.9 Å². The average molecular weight is 204 g/mol. The van der Waals surface area contributed by atoms with E-state index in [-0.39, 0.29) is 0 Å². The van der Waals surface area contributed by atoms with Crippen LogP contribution in [0.25, 0.3) is 0 Å². The topological polar surface area (TPSA) is 38.0 Å². The Balaban J connectivity index is 2.19. The lowest BCUT2D eigenvalue weighted by Crippen LogP contribution is -2.16. The predicted molar refractivity (Wildman–Crippen MR) is 66.2 cm³/mol. The van der Waals surface area contributed by atoms with Gasteiger partial charge in [0.05, 0.1) is 11.4 Å². The van der Waals surface area contributed by atoms with Crippen LogP contribution in [0.2, 0.25) is 0 Å². The standard InChI is InChI=1S/C13H20N2/c1-9-7-10(2)13(12(14)8-9)15-11-5-3-4-6-11/h7-8,11,15H,3-6,14H2,1-2H3. The molecular formula is C13H20N2. The Hall–Kier alpha value is -1.18. The van der Waals surface area contributed by atoms with E-state index in [0.717, 1.165) is 11.4 Å². The summed E-state index contributed by atoms with van der Waals surface area (Å²) in [6.07, 6.45) is 5.27. The molecule has 1 saturated carbocycles. The van der Waals surface area contributed by atoms with Crippen LogP contribution >= 0.6 is 0 Å². The largest absolute Gasteiger partial charge is 0.397 e. The first-order chi connectivity index (χ1) is 7.16. The zero-order valence-electron chi connectivity index (χ0n) is 9.64. The first-order valence-electron chi connectivity index (χ1n) is 5.80. The van der Waals surface area contributed by atoms with Crippen molar-refractivity contribution < 1.29 is 0 Å². The second kappa shape index (κ2) is 4.13. The van der Waals surface area contributed by atoms with Crippen LogP contribution < -0.4 is 11.1 Å². The molecule has 82 valence electrons. The van der Waals surface area contributed by atoms with Gasteiger partial charge in [-0.1, -0.05) is 18.9 Å². The highest BCUT2D eigenvalue weighted by molar-refractivity contribution is 5.71. The highest BCUT2D eigenvalue weighted by Crippen LogP contribution is 2.29. The van der Waals surface area contributed by atoms with Crippen LogP contribution in [0.15, 0.2) is 12.1 Å². The summed E-state index contributed by atoms with van der Waals surface area (Å²) in [5, 5.41) is 3.58. The van der Waals surface area contributed by atoms with Gasteiger partial charge in [-0.15, -0.1) is 0 Å². The van der Waals surface area contributed by atoms with Gasteiger partial charge in [0.15, 0.2) is 0 Å². The fourth-order valence-corrected chi connectivity index (χ4v) is 2.47. The SMILES string of the molecule is Cc1cc(C)c(NC2CCCC2)c(N)c1. The minimum Gasteiger partial charge on any atom is -0.397 e. The Kier molecular flexibility index (Phi) is 2.85. The zero-order valence-corrected chi connectivity index (χ0v) is 9.64. The molecule has 15 heavy (non-hydrogen) atoms. The maximum Gasteiger partial charge on any atom is 0.0605 e. The van der Waals surface area contributed by atoms with Crippen molar-refractivity contribution in [2.75, 3.05) is 11.1 Å². The van der Waals surface area contributed by atoms with E-state index in [1.807, 2.05) is 6.07 Å². The third-order valence-electron chi connectivity index (χ3n) is 3.21. The quantitative estimate of drug-likeness (QED) is 0.726. The van der Waals surface area contributed by atoms with Gasteiger partial charge in [-0.3, -0.25) is 0 Å². The first-order valence-corrected chi connectivity index (χ1v) is 5.80. The van der Waals surface area contributed by atoms with Crippen molar-refractivity contribution in [1.82, 2.24) is 0 Å². The molecule has 3 N–H and O–H groups in total. The summed E-state index contributed by atoms with van der Waals surface area (Å²) in [5.74, 6) is 0. The maximum atomic E-state index is 6.04. The van der Waals surface area contributed by atoms with E-state index in [1.54, 1.807) is 0 Å². The molecule has 0 spiro atoms. The molecule has 1 aliphatic rings. The number of rotatable bonds is 2. The van der Waals surface area contributed by atoms with E-state index < -0.39 is 0 Å². The number of benzene rings is 1. The predicted octanol–water partition coefficient (Wildman–Crippen LogP) is 3.24. The molecule has 0 unspecified atom stereocenters. The smallest absolute Gasteiger partial charge is 0.0605 e. The molecule has 0 bridgehead atoms. The zero-order chi connectivity index (χ0) is 10.8. The van der Waals surface area contributed by atoms with Crippen LogP contribution in [0.5, 0.6) is 0 Å². The van der Waals surface area contributed by atoms with Gasteiger partial charge in [0.2, 0.25) is 0 Å². The molecule has 0 saturated heterocycles. The van der Waals surface area contributed by atoms with Crippen LogP contribution in [-0.2, 0) is 0 Å². The van der Waals surface area contributed by atoms with Crippen LogP contribution in [-0.4, -0.2) is 6.04 Å². The summed E-state index contributed by atoms with van der Waals surface area (Å²) in [6, 6.07) is 4.87. The summed E-state index contributed by atoms with van der Waals surface area (Å²) in [7, 11) is 0. The molecule has 0 radical (unpaired) electrons. The van der Waals surface area contributed by atoms with E-state index >= 15 is 0 Å². The molecule has 2 nitrogen and oxygen atoms in total. The molecule has 0 heterocycles. The van der Waals surface area contributed by atoms with Crippen LogP contribution in [0.4, 0.5) is 11.4 Å². The number of hydrogen-bond donors (Lipinski definition) is 2. The third kappa shape index (κ3) is 2.25. The van der Waals surface area contributed by atoms with Crippen molar-refractivity contribution >= 4 is 11.4 Å². The van der Waals surface area contributed by atoms with Gasteiger partial charge >= 0.3 is 0 Å². The van der Waals surface area contributed by atoms with Crippen LogP contribution in [0.1, 0.15) is 36.8 Å². The fraction of sp³-hybridized carbons (Fsp3) is 0.538. The first kappa shape index (κ1) is 10.3. The second-order valence-electron chi connectivity index (χ2n) is 4.67. The van der Waals surface area contributed by atoms with Crippen molar-refractivity contribution in [2.24, 2.45) is 0 Å². The van der Waals surface area contributed by atoms with Gasteiger partial charge in [0.1, 0.15) is 0 Å². The van der Waals surface area contributed by atoms with Gasteiger partial charge in [-0.05, 0) is 43.9 Å². The number of aryl methyl sites for hydroxylation is 2. The lowest BCUT2D eigenvalue weighted by molar-refractivity contribution is 0.755. The van der Waals surface area contributed by atoms with E-state index in [4.69, 9.17) is 5.73 Å². The molecule has 1 aliphatic carbocycles. The van der Waals surface area contributed by atoms with Crippen molar-refractivity contribution in [3.8, 4) is 0 Å². The van der Waals surface area contributed by atoms with Crippen LogP contribution in [0, 0.1) is 13.8 Å². The van der Waals surface area contributed by atoms with Crippen LogP contribution in [0.3, 0.4) is 0 Å². The number of anilines is 2. The molecule has 2 heteroatoms. The molecule has 2 rings (SSSR count). The molecule has 0 aliphatic heterocycles. The van der Waals surface area contributed by atoms with E-state index in [1.165, 1.54) is 36.8 Å². The van der Waals surface area contributed by atoms with E-state index in [9.17, 15) is 0 Å². The molecular weight excluding hydrogens is 184 g/mol. The summed E-state index contributed by atoms with van der Waals surface area (Å²) < 4.78 is 0. The minimum absolute atomic E-state index is 0.633. The second-order valence-corrected chi connectivity index (χ2v) is 4.67. The Morgan fingerprint density at radius 2 is 1.87 bits per heavy atom. The van der Waals surface area contributed by atoms with Gasteiger partial charge in [-0.25, -0.2) is 0 Å². The third-order valence-corrected chi connectivity index (χ3v) is 3.21. The van der Waals surface area contributed by atoms with Crippen molar-refractivity contribution in [3.05, 3.63) is 23.3 Å². The highest BCUT2D eigenvalue weighted by Gasteiger charge is 2.16. The molecule has 1 aromatic carbocycles. The number of nitrogens with two attached hydrogens (primary N) is 1. The monoisotopic (exact) mass is 204 g/mol. The molecule has 0 amide bonds. The summed E-state index contributed by atoms with van der Waals surface area (Å²) >= 11 is 0. The minimum atomic E-state index is 0.633. The normalized spacial score (nSPS) is 16.9. The van der Waals surface area contributed by atoms with Gasteiger partial charge in [0.25, 0.3) is 0 Å². The fourth-order valence-electron chi connectivity index (χ4n) is 2.47. The Morgan fingerprint density at radius 3 is 2.47 bits per heavy atom. The number of nitrogen functional groups attached to an aromatic ring is 1. The molecule has 0 aromatic heterocycles. The lowest BCUT2D eigenvalue weighted by atomic mass is 10.1. The van der Waals surface area contributed by atoms with E-state index in [0.29, 0.717) is 6.04 Å². The molecule has 1 fully saturated rings. The van der Waals surface area contributed by atoms with Crippen molar-refractivity contribution in [3.63, 3.8) is 0 Å². The average Bonchev–Trinajstić information content (AvgIpc) is 2.63. The highest BCUT2D eigenvalue weighted by atomic mass is 14.9. The van der Waals surface area contributed by atoms with Gasteiger partial charge in [-0.2, -0.15) is 0 Å². The molecule has 0 atom stereocenters. The van der Waals surface area contributed by atoms with Crippen molar-refractivity contribution in [1.29, 1.82) is 0 Å². The number of hydrogen-bond acceptors (Lipinski definition) is 2. The van der Waals surface area contributed by atoms with E-state index in [2.05, 4.69) is 25.2 Å². The lowest BCUT2D eigenvalue weighted by Gasteiger charge is -2.18.